The molecule has 0 saturated heterocycles. The molecule has 0 amide bonds. The fourth-order valence-corrected chi connectivity index (χ4v) is 1.57. The quantitative estimate of drug-likeness (QED) is 0.764. The molecule has 3 aromatic heterocycles. The Morgan fingerprint density at radius 3 is 3.11 bits per heavy atom. The first-order chi connectivity index (χ1) is 8.70. The molecule has 0 aliphatic carbocycles. The van der Waals surface area contributed by atoms with Gasteiger partial charge in [0.1, 0.15) is 11.6 Å². The number of hydrogen-bond acceptors (Lipinski definition) is 5. The molecule has 7 heteroatoms. The first-order valence-corrected chi connectivity index (χ1v) is 5.38. The summed E-state index contributed by atoms with van der Waals surface area (Å²) in [6.07, 6.45) is 2.91. The second kappa shape index (κ2) is 4.10. The van der Waals surface area contributed by atoms with E-state index < -0.39 is 0 Å². The molecular formula is C11H10FN5O. The van der Waals surface area contributed by atoms with Crippen LogP contribution in [0.3, 0.4) is 0 Å². The lowest BCUT2D eigenvalue weighted by Gasteiger charge is -1.95. The van der Waals surface area contributed by atoms with Crippen molar-refractivity contribution >= 4 is 11.6 Å². The van der Waals surface area contributed by atoms with Crippen LogP contribution in [-0.2, 0) is 6.54 Å². The molecule has 0 aromatic carbocycles. The van der Waals surface area contributed by atoms with Crippen LogP contribution in [0.5, 0.6) is 0 Å². The number of pyridine rings is 1. The minimum Gasteiger partial charge on any atom is -0.444 e. The van der Waals surface area contributed by atoms with Gasteiger partial charge in [0.25, 0.3) is 0 Å². The van der Waals surface area contributed by atoms with Gasteiger partial charge >= 0.3 is 0 Å². The van der Waals surface area contributed by atoms with E-state index in [0.717, 1.165) is 5.76 Å². The van der Waals surface area contributed by atoms with Crippen LogP contribution in [0.15, 0.2) is 28.9 Å². The number of rotatable bonds is 3. The molecule has 0 fully saturated rings. The molecule has 0 unspecified atom stereocenters. The monoisotopic (exact) mass is 247 g/mol. The predicted molar refractivity (Wildman–Crippen MR) is 61.5 cm³/mol. The highest BCUT2D eigenvalue weighted by Gasteiger charge is 2.05. The number of nitrogens with one attached hydrogen (secondary N) is 1. The van der Waals surface area contributed by atoms with Crippen LogP contribution in [0.4, 0.5) is 10.3 Å². The Morgan fingerprint density at radius 2 is 2.33 bits per heavy atom. The molecule has 3 heterocycles. The van der Waals surface area contributed by atoms with E-state index in [2.05, 4.69) is 20.4 Å². The Balaban J connectivity index is 1.78. The third-order valence-electron chi connectivity index (χ3n) is 2.36. The Labute approximate surface area is 101 Å². The highest BCUT2D eigenvalue weighted by Crippen LogP contribution is 2.08. The molecule has 0 spiro atoms. The second-order valence-electron chi connectivity index (χ2n) is 3.80. The van der Waals surface area contributed by atoms with Crippen LogP contribution < -0.4 is 5.32 Å². The normalized spacial score (nSPS) is 11.0. The van der Waals surface area contributed by atoms with Crippen LogP contribution in [0, 0.1) is 12.7 Å². The number of aromatic nitrogens is 4. The number of aryl methyl sites for hydroxylation is 1. The molecule has 0 aliphatic heterocycles. The summed E-state index contributed by atoms with van der Waals surface area (Å²) >= 11 is 0. The van der Waals surface area contributed by atoms with Crippen LogP contribution in [0.2, 0.25) is 0 Å². The number of fused-ring (bicyclic) bond motifs is 1. The average Bonchev–Trinajstić information content (AvgIpc) is 2.92. The standard InChI is InChI=1S/C11H10FN5O/c1-7-4-13-10(18-7)5-14-11-15-9-3-2-8(12)6-17(9)16-11/h2-4,6H,5H2,1H3,(H,14,16). The summed E-state index contributed by atoms with van der Waals surface area (Å²) in [6.45, 7) is 2.20. The van der Waals surface area contributed by atoms with E-state index in [1.165, 1.54) is 16.8 Å². The van der Waals surface area contributed by atoms with Gasteiger partial charge in [-0.1, -0.05) is 0 Å². The molecule has 0 saturated carbocycles. The van der Waals surface area contributed by atoms with Gasteiger partial charge < -0.3 is 9.73 Å². The molecule has 1 N–H and O–H groups in total. The van der Waals surface area contributed by atoms with Crippen molar-refractivity contribution in [3.8, 4) is 0 Å². The summed E-state index contributed by atoms with van der Waals surface area (Å²) in [5, 5.41) is 7.04. The van der Waals surface area contributed by atoms with Gasteiger partial charge in [0.2, 0.25) is 11.8 Å². The van der Waals surface area contributed by atoms with Crippen LogP contribution in [0.1, 0.15) is 11.7 Å². The summed E-state index contributed by atoms with van der Waals surface area (Å²) in [6, 6.07) is 2.90. The minimum atomic E-state index is -0.359. The van der Waals surface area contributed by atoms with E-state index in [-0.39, 0.29) is 5.82 Å². The van der Waals surface area contributed by atoms with Crippen molar-refractivity contribution < 1.29 is 8.81 Å². The average molecular weight is 247 g/mol. The van der Waals surface area contributed by atoms with E-state index in [4.69, 9.17) is 4.42 Å². The lowest BCUT2D eigenvalue weighted by Crippen LogP contribution is -2.01. The molecule has 92 valence electrons. The van der Waals surface area contributed by atoms with Crippen LogP contribution >= 0.6 is 0 Å². The summed E-state index contributed by atoms with van der Waals surface area (Å²) < 4.78 is 19.6. The maximum absolute atomic E-state index is 13.0. The van der Waals surface area contributed by atoms with Gasteiger partial charge in [0, 0.05) is 0 Å². The van der Waals surface area contributed by atoms with Gasteiger partial charge in [0.15, 0.2) is 5.65 Å². The molecule has 0 bridgehead atoms. The summed E-state index contributed by atoms with van der Waals surface area (Å²) in [5.74, 6) is 1.34. The van der Waals surface area contributed by atoms with Gasteiger partial charge in [-0.3, -0.25) is 0 Å². The molecule has 0 aliphatic rings. The third-order valence-corrected chi connectivity index (χ3v) is 2.36. The van der Waals surface area contributed by atoms with Crippen LogP contribution in [0.25, 0.3) is 5.65 Å². The first-order valence-electron chi connectivity index (χ1n) is 5.38. The van der Waals surface area contributed by atoms with Gasteiger partial charge in [-0.2, -0.15) is 4.98 Å². The Hall–Kier alpha value is -2.44. The Morgan fingerprint density at radius 1 is 1.44 bits per heavy atom. The van der Waals surface area contributed by atoms with E-state index >= 15 is 0 Å². The fourth-order valence-electron chi connectivity index (χ4n) is 1.57. The van der Waals surface area contributed by atoms with Gasteiger partial charge in [-0.05, 0) is 19.1 Å². The Bertz CT molecular complexity index is 690. The SMILES string of the molecule is Cc1cnc(CNc2nc3ccc(F)cn3n2)o1. The zero-order valence-electron chi connectivity index (χ0n) is 9.59. The number of anilines is 1. The smallest absolute Gasteiger partial charge is 0.243 e. The highest BCUT2D eigenvalue weighted by molar-refractivity contribution is 5.42. The zero-order chi connectivity index (χ0) is 12.5. The first kappa shape index (κ1) is 10.7. The molecular weight excluding hydrogens is 237 g/mol. The van der Waals surface area contributed by atoms with Crippen molar-refractivity contribution in [1.82, 2.24) is 19.6 Å². The number of oxazole rings is 1. The molecule has 3 rings (SSSR count). The maximum atomic E-state index is 13.0. The predicted octanol–water partition coefficient (Wildman–Crippen LogP) is 1.78. The zero-order valence-corrected chi connectivity index (χ0v) is 9.59. The lowest BCUT2D eigenvalue weighted by molar-refractivity contribution is 0.478. The summed E-state index contributed by atoms with van der Waals surface area (Å²) in [4.78, 5) is 8.23. The molecule has 18 heavy (non-hydrogen) atoms. The molecule has 0 atom stereocenters. The van der Waals surface area contributed by atoms with Gasteiger partial charge in [0.05, 0.1) is 18.9 Å². The number of hydrogen-bond donors (Lipinski definition) is 1. The number of nitrogens with zero attached hydrogens (tertiary/aromatic N) is 4. The van der Waals surface area contributed by atoms with E-state index in [1.807, 2.05) is 6.92 Å². The van der Waals surface area contributed by atoms with E-state index in [9.17, 15) is 4.39 Å². The van der Waals surface area contributed by atoms with Crippen molar-refractivity contribution in [3.05, 3.63) is 42.0 Å². The second-order valence-corrected chi connectivity index (χ2v) is 3.80. The van der Waals surface area contributed by atoms with Crippen molar-refractivity contribution in [3.63, 3.8) is 0 Å². The third kappa shape index (κ3) is 2.02. The van der Waals surface area contributed by atoms with Crippen molar-refractivity contribution in [2.24, 2.45) is 0 Å². The van der Waals surface area contributed by atoms with Gasteiger partial charge in [-0.15, -0.1) is 5.10 Å². The largest absolute Gasteiger partial charge is 0.444 e. The van der Waals surface area contributed by atoms with Crippen molar-refractivity contribution in [2.75, 3.05) is 5.32 Å². The summed E-state index contributed by atoms with van der Waals surface area (Å²) in [7, 11) is 0. The topological polar surface area (TPSA) is 68.2 Å². The van der Waals surface area contributed by atoms with Gasteiger partial charge in [-0.25, -0.2) is 13.9 Å². The van der Waals surface area contributed by atoms with Crippen molar-refractivity contribution in [1.29, 1.82) is 0 Å². The lowest BCUT2D eigenvalue weighted by atomic mass is 10.5. The summed E-state index contributed by atoms with van der Waals surface area (Å²) in [5.41, 5.74) is 0.572. The Kier molecular flexibility index (Phi) is 2.44. The maximum Gasteiger partial charge on any atom is 0.243 e. The fraction of sp³-hybridized carbons (Fsp3) is 0.182. The minimum absolute atomic E-state index is 0.359. The molecule has 3 aromatic rings. The van der Waals surface area contributed by atoms with E-state index in [1.54, 1.807) is 12.3 Å². The molecule has 0 radical (unpaired) electrons. The molecule has 6 nitrogen and oxygen atoms in total. The van der Waals surface area contributed by atoms with E-state index in [0.29, 0.717) is 24.0 Å². The van der Waals surface area contributed by atoms with Crippen LogP contribution in [-0.4, -0.2) is 19.6 Å². The highest BCUT2D eigenvalue weighted by atomic mass is 19.1. The number of halogens is 1. The van der Waals surface area contributed by atoms with Crippen molar-refractivity contribution in [2.45, 2.75) is 13.5 Å².